The Kier molecular flexibility index (Phi) is 6.36. The van der Waals surface area contributed by atoms with Gasteiger partial charge in [-0.05, 0) is 106 Å². The zero-order valence-corrected chi connectivity index (χ0v) is 30.2. The van der Waals surface area contributed by atoms with Crippen molar-refractivity contribution in [3.63, 3.8) is 0 Å². The summed E-state index contributed by atoms with van der Waals surface area (Å²) in [5.41, 5.74) is 17.1. The largest absolute Gasteiger partial charge is 0.309 e. The highest BCUT2D eigenvalue weighted by Gasteiger charge is 2.28. The Hall–Kier alpha value is -7.49. The minimum Gasteiger partial charge on any atom is -0.309 e. The second kappa shape index (κ2) is 13.1. The lowest BCUT2D eigenvalue weighted by molar-refractivity contribution is 1.29. The van der Waals surface area contributed by atoms with Gasteiger partial charge in [-0.3, -0.25) is 4.98 Å². The highest BCUT2D eigenvalue weighted by Crippen LogP contribution is 2.54. The Labute approximate surface area is 334 Å². The van der Waals surface area contributed by atoms with Gasteiger partial charge >= 0.3 is 0 Å². The van der Waals surface area contributed by atoms with Crippen LogP contribution in [-0.4, -0.2) is 4.98 Å². The van der Waals surface area contributed by atoms with Crippen LogP contribution in [0.25, 0.3) is 66.8 Å². The van der Waals surface area contributed by atoms with Crippen molar-refractivity contribution in [2.24, 2.45) is 0 Å². The molecule has 9 aromatic rings. The number of hydrogen-bond acceptors (Lipinski definition) is 3. The van der Waals surface area contributed by atoms with Gasteiger partial charge in [0.25, 0.3) is 0 Å². The number of para-hydroxylation sites is 3. The van der Waals surface area contributed by atoms with Crippen LogP contribution in [0.3, 0.4) is 0 Å². The van der Waals surface area contributed by atoms with Crippen LogP contribution >= 0.6 is 0 Å². The molecular weight excluding hydrogens is 679 g/mol. The third-order valence-electron chi connectivity index (χ3n) is 10.9. The van der Waals surface area contributed by atoms with Gasteiger partial charge in [-0.2, -0.15) is 0 Å². The average Bonchev–Trinajstić information content (AvgIpc) is 3.52. The van der Waals surface area contributed by atoms with Crippen LogP contribution in [0.2, 0.25) is 0 Å². The van der Waals surface area contributed by atoms with Gasteiger partial charge in [0.15, 0.2) is 0 Å². The average molecular weight is 719 g/mol. The summed E-state index contributed by atoms with van der Waals surface area (Å²) in [6.45, 7) is 0. The lowest BCUT2D eigenvalue weighted by Gasteiger charge is -2.28. The van der Waals surface area contributed by atoms with E-state index in [1.165, 1.54) is 0 Å². The molecule has 3 heteroatoms. The Morgan fingerprint density at radius 2 is 0.804 bits per heavy atom. The van der Waals surface area contributed by atoms with Crippen LogP contribution in [0.5, 0.6) is 0 Å². The first-order valence-electron chi connectivity index (χ1n) is 21.2. The van der Waals surface area contributed by atoms with Crippen LogP contribution in [-0.2, 0) is 0 Å². The van der Waals surface area contributed by atoms with Crippen LogP contribution in [0.1, 0.15) is 6.85 Å². The maximum absolute atomic E-state index is 9.09. The molecule has 3 nitrogen and oxygen atoms in total. The highest BCUT2D eigenvalue weighted by atomic mass is 15.2. The van der Waals surface area contributed by atoms with Crippen LogP contribution in [0.15, 0.2) is 212 Å². The first-order valence-corrected chi connectivity index (χ1v) is 18.7. The molecule has 0 bridgehead atoms. The molecule has 2 aliphatic rings. The van der Waals surface area contributed by atoms with E-state index in [0.717, 1.165) is 95.2 Å². The third kappa shape index (κ3) is 5.17. The number of rotatable bonds is 4. The predicted molar refractivity (Wildman–Crippen MR) is 233 cm³/mol. The lowest BCUT2D eigenvalue weighted by Crippen LogP contribution is -2.11. The topological polar surface area (TPSA) is 19.4 Å². The Balaban J connectivity index is 1.14. The van der Waals surface area contributed by atoms with Crippen molar-refractivity contribution in [1.29, 1.82) is 0 Å². The van der Waals surface area contributed by atoms with E-state index in [0.29, 0.717) is 0 Å². The SMILES string of the molecule is [2H]c1c([2H])c([2H])c(N2c3ccccc3-c3ccccc3-c3cc(-c4ccc5c(c4)-c4ccccc4-c4ccccc4N5c4cccc(-c5cccnc5)c4)ccc32)c([2H])c1[2H]. The van der Waals surface area contributed by atoms with Gasteiger partial charge in [0.2, 0.25) is 0 Å². The first kappa shape index (κ1) is 27.1. The number of benzene rings is 8. The highest BCUT2D eigenvalue weighted by molar-refractivity contribution is 6.05. The van der Waals surface area contributed by atoms with E-state index in [9.17, 15) is 0 Å². The molecule has 262 valence electrons. The van der Waals surface area contributed by atoms with Crippen molar-refractivity contribution in [2.75, 3.05) is 9.80 Å². The number of anilines is 6. The summed E-state index contributed by atoms with van der Waals surface area (Å²) in [4.78, 5) is 8.59. The Morgan fingerprint density at radius 1 is 0.339 bits per heavy atom. The van der Waals surface area contributed by atoms with Crippen LogP contribution in [0.4, 0.5) is 34.1 Å². The van der Waals surface area contributed by atoms with Gasteiger partial charge in [-0.15, -0.1) is 0 Å². The summed E-state index contributed by atoms with van der Waals surface area (Å²) in [6.07, 6.45) is 3.69. The van der Waals surface area contributed by atoms with Gasteiger partial charge in [0.05, 0.1) is 29.6 Å². The fourth-order valence-electron chi connectivity index (χ4n) is 8.44. The number of pyridine rings is 1. The van der Waals surface area contributed by atoms with E-state index in [2.05, 4.69) is 131 Å². The van der Waals surface area contributed by atoms with Gasteiger partial charge in [-0.1, -0.05) is 133 Å². The summed E-state index contributed by atoms with van der Waals surface area (Å²) in [6, 6.07) is 57.2. The standard InChI is InChI=1S/C53H35N3/c1-2-16-40(17-3-1)55-50-25-10-8-23-46(50)42-19-4-6-21-44(42)48-33-37(27-29-52(48)55)38-28-30-53-49(34-38)45-22-7-5-20-43(45)47-24-9-11-26-51(47)56(53)41-18-12-14-36(32-41)39-15-13-31-54-35-39/h1-35H/i1D,2D,3D,16D,17D. The fourth-order valence-corrected chi connectivity index (χ4v) is 8.44. The molecule has 0 atom stereocenters. The summed E-state index contributed by atoms with van der Waals surface area (Å²) in [5, 5.41) is 0. The van der Waals surface area contributed by atoms with Crippen molar-refractivity contribution in [3.05, 3.63) is 212 Å². The number of nitrogens with zero attached hydrogens (tertiary/aromatic N) is 3. The van der Waals surface area contributed by atoms with Crippen LogP contribution < -0.4 is 9.80 Å². The van der Waals surface area contributed by atoms with E-state index >= 15 is 0 Å². The van der Waals surface area contributed by atoms with Gasteiger partial charge in [0, 0.05) is 51.6 Å². The van der Waals surface area contributed by atoms with Crippen molar-refractivity contribution in [1.82, 2.24) is 4.98 Å². The zero-order chi connectivity index (χ0) is 41.4. The molecule has 0 unspecified atom stereocenters. The molecule has 0 amide bonds. The van der Waals surface area contributed by atoms with Crippen LogP contribution in [0, 0.1) is 0 Å². The first-order chi connectivity index (χ1) is 29.9. The fraction of sp³-hybridized carbons (Fsp3) is 0. The second-order valence-electron chi connectivity index (χ2n) is 14.0. The zero-order valence-electron chi connectivity index (χ0n) is 35.2. The molecule has 2 aliphatic heterocycles. The van der Waals surface area contributed by atoms with Crippen molar-refractivity contribution < 1.29 is 6.85 Å². The van der Waals surface area contributed by atoms with E-state index < -0.39 is 6.04 Å². The molecule has 0 spiro atoms. The summed E-state index contributed by atoms with van der Waals surface area (Å²) < 4.78 is 43.8. The lowest BCUT2D eigenvalue weighted by atomic mass is 9.90. The molecule has 11 rings (SSSR count). The molecule has 0 saturated carbocycles. The Morgan fingerprint density at radius 3 is 1.36 bits per heavy atom. The minimum atomic E-state index is -0.423. The normalized spacial score (nSPS) is 13.5. The molecule has 0 fully saturated rings. The summed E-state index contributed by atoms with van der Waals surface area (Å²) >= 11 is 0. The molecule has 8 aromatic carbocycles. The number of fused-ring (bicyclic) bond motifs is 10. The van der Waals surface area contributed by atoms with E-state index in [-0.39, 0.29) is 29.9 Å². The van der Waals surface area contributed by atoms with Gasteiger partial charge in [0.1, 0.15) is 0 Å². The van der Waals surface area contributed by atoms with Gasteiger partial charge in [-0.25, -0.2) is 0 Å². The maximum Gasteiger partial charge on any atom is 0.0645 e. The number of aromatic nitrogens is 1. The molecule has 0 N–H and O–H groups in total. The third-order valence-corrected chi connectivity index (χ3v) is 10.9. The molecule has 0 radical (unpaired) electrons. The summed E-state index contributed by atoms with van der Waals surface area (Å²) in [7, 11) is 0. The van der Waals surface area contributed by atoms with Crippen molar-refractivity contribution >= 4 is 34.1 Å². The van der Waals surface area contributed by atoms with E-state index in [1.54, 1.807) is 6.20 Å². The molecule has 0 aliphatic carbocycles. The second-order valence-corrected chi connectivity index (χ2v) is 14.0. The minimum absolute atomic E-state index is 0.106. The molecular formula is C53H35N3. The Bertz CT molecular complexity index is 3210. The van der Waals surface area contributed by atoms with Gasteiger partial charge < -0.3 is 9.80 Å². The molecule has 0 saturated heterocycles. The smallest absolute Gasteiger partial charge is 0.0645 e. The summed E-state index contributed by atoms with van der Waals surface area (Å²) in [5.74, 6) is 0. The molecule has 3 heterocycles. The monoisotopic (exact) mass is 718 g/mol. The molecule has 1 aromatic heterocycles. The van der Waals surface area contributed by atoms with E-state index in [1.807, 2.05) is 59.6 Å². The van der Waals surface area contributed by atoms with Crippen molar-refractivity contribution in [3.8, 4) is 66.8 Å². The van der Waals surface area contributed by atoms with E-state index in [4.69, 9.17) is 6.85 Å². The predicted octanol–water partition coefficient (Wildman–Crippen LogP) is 14.6. The maximum atomic E-state index is 9.09. The van der Waals surface area contributed by atoms with Crippen molar-refractivity contribution in [2.45, 2.75) is 0 Å². The quantitative estimate of drug-likeness (QED) is 0.181. The molecule has 56 heavy (non-hydrogen) atoms. The number of hydrogen-bond donors (Lipinski definition) is 0.